The van der Waals surface area contributed by atoms with Gasteiger partial charge in [-0.25, -0.2) is 0 Å². The molecule has 1 aliphatic heterocycles. The van der Waals surface area contributed by atoms with E-state index < -0.39 is 18.8 Å². The zero-order chi connectivity index (χ0) is 10.2. The molecule has 1 aliphatic rings. The number of rotatable bonds is 1. The molecule has 14 heavy (non-hydrogen) atoms. The molecule has 0 radical (unpaired) electrons. The molecule has 0 atom stereocenters. The normalized spacial score (nSPS) is 15.9. The number of nitrogens with one attached hydrogen (secondary N) is 2. The van der Waals surface area contributed by atoms with Gasteiger partial charge in [-0.3, -0.25) is 0 Å². The number of para-hydroxylation sites is 2. The van der Waals surface area contributed by atoms with Crippen molar-refractivity contribution in [2.75, 3.05) is 10.6 Å². The summed E-state index contributed by atoms with van der Waals surface area (Å²) in [6.45, 7) is 0. The Morgan fingerprint density at radius 1 is 1.07 bits per heavy atom. The van der Waals surface area contributed by atoms with Gasteiger partial charge in [-0.1, -0.05) is 12.1 Å². The summed E-state index contributed by atoms with van der Waals surface area (Å²) < 4.78 is 36.2. The van der Waals surface area contributed by atoms with Crippen molar-refractivity contribution in [2.24, 2.45) is 0 Å². The van der Waals surface area contributed by atoms with Crippen molar-refractivity contribution in [2.45, 2.75) is 18.8 Å². The monoisotopic (exact) mass is 202 g/mol. The third-order valence-electron chi connectivity index (χ3n) is 2.02. The van der Waals surface area contributed by atoms with Crippen molar-refractivity contribution >= 4 is 11.4 Å². The van der Waals surface area contributed by atoms with Gasteiger partial charge in [-0.2, -0.15) is 13.2 Å². The largest absolute Gasteiger partial charge is 0.392 e. The zero-order valence-corrected chi connectivity index (χ0v) is 7.23. The molecule has 0 unspecified atom stereocenters. The molecule has 1 aromatic carbocycles. The quantitative estimate of drug-likeness (QED) is 0.731. The first-order chi connectivity index (χ1) is 6.54. The Morgan fingerprint density at radius 2 is 1.57 bits per heavy atom. The number of halogens is 3. The van der Waals surface area contributed by atoms with Gasteiger partial charge in [0.05, 0.1) is 17.8 Å². The van der Waals surface area contributed by atoms with Crippen LogP contribution in [0.25, 0.3) is 0 Å². The van der Waals surface area contributed by atoms with Crippen molar-refractivity contribution in [1.82, 2.24) is 0 Å². The van der Waals surface area contributed by atoms with Crippen LogP contribution in [0.1, 0.15) is 6.42 Å². The van der Waals surface area contributed by atoms with Crippen molar-refractivity contribution < 1.29 is 13.2 Å². The average molecular weight is 202 g/mol. The molecule has 0 aliphatic carbocycles. The molecule has 5 heteroatoms. The molecule has 76 valence electrons. The minimum atomic E-state index is -4.15. The number of benzene rings is 1. The summed E-state index contributed by atoms with van der Waals surface area (Å²) in [5.41, 5.74) is 1.45. The number of hydrogen-bond acceptors (Lipinski definition) is 2. The van der Waals surface area contributed by atoms with Crippen LogP contribution in [0.5, 0.6) is 0 Å². The van der Waals surface area contributed by atoms with Crippen molar-refractivity contribution in [3.05, 3.63) is 24.3 Å². The van der Waals surface area contributed by atoms with Crippen LogP contribution < -0.4 is 10.6 Å². The lowest BCUT2D eigenvalue weighted by Crippen LogP contribution is -2.29. The van der Waals surface area contributed by atoms with Gasteiger partial charge in [0, 0.05) is 0 Å². The van der Waals surface area contributed by atoms with Gasteiger partial charge in [-0.15, -0.1) is 0 Å². The number of anilines is 2. The van der Waals surface area contributed by atoms with Gasteiger partial charge in [-0.05, 0) is 12.1 Å². The van der Waals surface area contributed by atoms with E-state index in [1.165, 1.54) is 0 Å². The van der Waals surface area contributed by atoms with E-state index in [9.17, 15) is 13.2 Å². The summed E-state index contributed by atoms with van der Waals surface area (Å²) in [7, 11) is 0. The number of hydrogen-bond donors (Lipinski definition) is 2. The lowest BCUT2D eigenvalue weighted by Gasteiger charge is -2.14. The lowest BCUT2D eigenvalue weighted by molar-refractivity contribution is -0.135. The molecular formula is C9H9F3N2. The number of fused-ring (bicyclic) bond motifs is 1. The van der Waals surface area contributed by atoms with Crippen LogP contribution in [0.2, 0.25) is 0 Å². The van der Waals surface area contributed by atoms with Crippen LogP contribution in [0.4, 0.5) is 24.5 Å². The van der Waals surface area contributed by atoms with Crippen LogP contribution in [0.15, 0.2) is 24.3 Å². The van der Waals surface area contributed by atoms with E-state index in [0.29, 0.717) is 0 Å². The third-order valence-corrected chi connectivity index (χ3v) is 2.02. The highest BCUT2D eigenvalue weighted by Gasteiger charge is 2.34. The highest BCUT2D eigenvalue weighted by Crippen LogP contribution is 2.32. The SMILES string of the molecule is FC(F)(F)CC1Nc2ccccc2N1. The van der Waals surface area contributed by atoms with Gasteiger partial charge in [0.25, 0.3) is 0 Å². The van der Waals surface area contributed by atoms with E-state index in [1.807, 2.05) is 0 Å². The number of alkyl halides is 3. The predicted octanol–water partition coefficient (Wildman–Crippen LogP) is 2.80. The van der Waals surface area contributed by atoms with Gasteiger partial charge < -0.3 is 10.6 Å². The van der Waals surface area contributed by atoms with Crippen LogP contribution in [0, 0.1) is 0 Å². The van der Waals surface area contributed by atoms with Gasteiger partial charge in [0.1, 0.15) is 6.17 Å². The average Bonchev–Trinajstić information content (AvgIpc) is 2.42. The summed E-state index contributed by atoms with van der Waals surface area (Å²) in [6.07, 6.45) is -5.76. The van der Waals surface area contributed by atoms with Crippen LogP contribution in [0.3, 0.4) is 0 Å². The molecule has 0 bridgehead atoms. The van der Waals surface area contributed by atoms with Crippen molar-refractivity contribution in [1.29, 1.82) is 0 Å². The second kappa shape index (κ2) is 3.08. The fourth-order valence-electron chi connectivity index (χ4n) is 1.48. The first kappa shape index (κ1) is 9.18. The van der Waals surface area contributed by atoms with Crippen LogP contribution >= 0.6 is 0 Å². The van der Waals surface area contributed by atoms with E-state index in [0.717, 1.165) is 11.4 Å². The topological polar surface area (TPSA) is 24.1 Å². The predicted molar refractivity (Wildman–Crippen MR) is 48.1 cm³/mol. The van der Waals surface area contributed by atoms with Gasteiger partial charge >= 0.3 is 6.18 Å². The third kappa shape index (κ3) is 1.92. The summed E-state index contributed by atoms with van der Waals surface area (Å²) in [6, 6.07) is 7.06. The molecule has 0 fully saturated rings. The van der Waals surface area contributed by atoms with Gasteiger partial charge in [0.15, 0.2) is 0 Å². The Labute approximate surface area is 79.1 Å². The van der Waals surface area contributed by atoms with E-state index in [2.05, 4.69) is 10.6 Å². The molecule has 2 N–H and O–H groups in total. The smallest absolute Gasteiger partial charge is 0.363 e. The van der Waals surface area contributed by atoms with Crippen molar-refractivity contribution in [3.63, 3.8) is 0 Å². The maximum Gasteiger partial charge on any atom is 0.392 e. The fraction of sp³-hybridized carbons (Fsp3) is 0.333. The van der Waals surface area contributed by atoms with E-state index in [4.69, 9.17) is 0 Å². The molecular weight excluding hydrogens is 193 g/mol. The van der Waals surface area contributed by atoms with E-state index >= 15 is 0 Å². The molecule has 0 spiro atoms. The molecule has 1 aromatic rings. The van der Waals surface area contributed by atoms with Gasteiger partial charge in [0.2, 0.25) is 0 Å². The summed E-state index contributed by atoms with van der Waals surface area (Å²) in [5.74, 6) is 0. The molecule has 0 aromatic heterocycles. The minimum Gasteiger partial charge on any atom is -0.363 e. The highest BCUT2D eigenvalue weighted by atomic mass is 19.4. The molecule has 1 heterocycles. The summed E-state index contributed by atoms with van der Waals surface area (Å²) in [5, 5.41) is 5.52. The Morgan fingerprint density at radius 3 is 2.00 bits per heavy atom. The minimum absolute atomic E-state index is 0.724. The molecule has 0 amide bonds. The first-order valence-electron chi connectivity index (χ1n) is 4.23. The second-order valence-electron chi connectivity index (χ2n) is 3.21. The molecule has 0 saturated heterocycles. The Balaban J connectivity index is 2.05. The summed E-state index contributed by atoms with van der Waals surface area (Å²) >= 11 is 0. The maximum absolute atomic E-state index is 12.1. The van der Waals surface area contributed by atoms with Crippen molar-refractivity contribution in [3.8, 4) is 0 Å². The standard InChI is InChI=1S/C9H9F3N2/c10-9(11,12)5-8-13-6-3-1-2-4-7(6)14-8/h1-4,8,13-14H,5H2. The lowest BCUT2D eigenvalue weighted by atomic mass is 10.3. The highest BCUT2D eigenvalue weighted by molar-refractivity contribution is 5.74. The maximum atomic E-state index is 12.1. The summed E-state index contributed by atoms with van der Waals surface area (Å²) in [4.78, 5) is 0. The molecule has 0 saturated carbocycles. The zero-order valence-electron chi connectivity index (χ0n) is 7.23. The first-order valence-corrected chi connectivity index (χ1v) is 4.23. The second-order valence-corrected chi connectivity index (χ2v) is 3.21. The Kier molecular flexibility index (Phi) is 2.02. The Hall–Kier alpha value is -1.39. The van der Waals surface area contributed by atoms with E-state index in [-0.39, 0.29) is 0 Å². The van der Waals surface area contributed by atoms with E-state index in [1.54, 1.807) is 24.3 Å². The van der Waals surface area contributed by atoms with Crippen LogP contribution in [-0.2, 0) is 0 Å². The molecule has 2 rings (SSSR count). The van der Waals surface area contributed by atoms with Crippen LogP contribution in [-0.4, -0.2) is 12.3 Å². The molecule has 2 nitrogen and oxygen atoms in total. The fourth-order valence-corrected chi connectivity index (χ4v) is 1.48. The Bertz CT molecular complexity index is 310.